The second kappa shape index (κ2) is 10.2. The summed E-state index contributed by atoms with van der Waals surface area (Å²) in [6.45, 7) is 18.2. The number of hydrogen-bond acceptors (Lipinski definition) is 5. The molecule has 0 saturated carbocycles. The highest BCUT2D eigenvalue weighted by atomic mass is 28.4. The number of rotatable bonds is 12. The average molecular weight is 351 g/mol. The maximum absolute atomic E-state index is 5.68. The van der Waals surface area contributed by atoms with Gasteiger partial charge < -0.3 is 22.4 Å². The molecule has 0 aromatic rings. The van der Waals surface area contributed by atoms with Gasteiger partial charge in [-0.25, -0.2) is 0 Å². The van der Waals surface area contributed by atoms with Gasteiger partial charge in [-0.05, 0) is 38.3 Å². The normalized spacial score (nSPS) is 14.9. The molecule has 0 amide bonds. The molecule has 0 saturated heterocycles. The van der Waals surface area contributed by atoms with E-state index in [0.717, 1.165) is 32.2 Å². The molecule has 0 aromatic carbocycles. The Bertz CT molecular complexity index is 276. The number of hydrogen-bond donors (Lipinski definition) is 0. The van der Waals surface area contributed by atoms with Gasteiger partial charge in [-0.1, -0.05) is 34.6 Å². The van der Waals surface area contributed by atoms with E-state index in [1.807, 2.05) is 0 Å². The molecule has 0 rings (SSSR count). The van der Waals surface area contributed by atoms with Gasteiger partial charge in [-0.3, -0.25) is 0 Å². The molecule has 0 aliphatic carbocycles. The molecule has 0 fully saturated rings. The van der Waals surface area contributed by atoms with E-state index in [0.29, 0.717) is 5.54 Å². The van der Waals surface area contributed by atoms with E-state index < -0.39 is 17.2 Å². The molecule has 7 heteroatoms. The van der Waals surface area contributed by atoms with Crippen molar-refractivity contribution in [2.75, 3.05) is 47.5 Å². The highest BCUT2D eigenvalue weighted by Gasteiger charge is 2.50. The third kappa shape index (κ3) is 4.62. The molecule has 0 aliphatic heterocycles. The van der Waals surface area contributed by atoms with Gasteiger partial charge in [0.25, 0.3) is 0 Å². The molecule has 0 heterocycles. The summed E-state index contributed by atoms with van der Waals surface area (Å²) < 4.78 is 22.4. The van der Waals surface area contributed by atoms with Crippen molar-refractivity contribution in [1.82, 2.24) is 9.13 Å². The van der Waals surface area contributed by atoms with Crippen LogP contribution in [-0.4, -0.2) is 73.8 Å². The second-order valence-corrected chi connectivity index (χ2v) is 13.3. The largest absolute Gasteiger partial charge is 0.500 e. The van der Waals surface area contributed by atoms with Crippen LogP contribution >= 0.6 is 0 Å². The van der Waals surface area contributed by atoms with Crippen LogP contribution in [0, 0.1) is 0 Å². The number of nitrogens with zero attached hydrogens (tertiary/aromatic N) is 2. The second-order valence-electron chi connectivity index (χ2n) is 5.84. The maximum Gasteiger partial charge on any atom is 0.500 e. The summed E-state index contributed by atoms with van der Waals surface area (Å²) in [6.07, 6.45) is 0. The van der Waals surface area contributed by atoms with Crippen LogP contribution in [0.5, 0.6) is 0 Å². The zero-order chi connectivity index (χ0) is 17.4. The minimum atomic E-state index is -2.55. The van der Waals surface area contributed by atoms with Crippen LogP contribution < -0.4 is 0 Å². The fourth-order valence-electron chi connectivity index (χ4n) is 3.62. The smallest absolute Gasteiger partial charge is 0.377 e. The van der Waals surface area contributed by atoms with E-state index in [4.69, 9.17) is 13.3 Å². The first-order chi connectivity index (χ1) is 10.3. The molecule has 0 aliphatic rings. The van der Waals surface area contributed by atoms with E-state index >= 15 is 0 Å². The van der Waals surface area contributed by atoms with Gasteiger partial charge in [0, 0.05) is 27.4 Å². The van der Waals surface area contributed by atoms with Gasteiger partial charge in [-0.15, -0.1) is 0 Å². The maximum atomic E-state index is 5.68. The summed E-state index contributed by atoms with van der Waals surface area (Å²) in [6, 6.07) is 0.867. The monoisotopic (exact) mass is 350 g/mol. The fourth-order valence-corrected chi connectivity index (χ4v) is 11.9. The lowest BCUT2D eigenvalue weighted by molar-refractivity contribution is 0.122. The minimum Gasteiger partial charge on any atom is -0.377 e. The van der Waals surface area contributed by atoms with Crippen molar-refractivity contribution in [3.05, 3.63) is 0 Å². The van der Waals surface area contributed by atoms with Crippen molar-refractivity contribution in [2.24, 2.45) is 0 Å². The van der Waals surface area contributed by atoms with E-state index in [-0.39, 0.29) is 0 Å². The van der Waals surface area contributed by atoms with E-state index in [2.05, 4.69) is 50.3 Å². The Kier molecular flexibility index (Phi) is 10.3. The summed E-state index contributed by atoms with van der Waals surface area (Å²) >= 11 is 0. The van der Waals surface area contributed by atoms with Crippen LogP contribution in [0.1, 0.15) is 34.6 Å². The molecule has 0 spiro atoms. The van der Waals surface area contributed by atoms with Gasteiger partial charge >= 0.3 is 8.80 Å². The Balaban J connectivity index is 5.58. The zero-order valence-electron chi connectivity index (χ0n) is 16.2. The van der Waals surface area contributed by atoms with Gasteiger partial charge in [0.05, 0.1) is 0 Å². The van der Waals surface area contributed by atoms with Crippen LogP contribution in [0.15, 0.2) is 0 Å². The molecule has 0 bridgehead atoms. The van der Waals surface area contributed by atoms with E-state index in [1.54, 1.807) is 21.3 Å². The average Bonchev–Trinajstić information content (AvgIpc) is 2.54. The summed E-state index contributed by atoms with van der Waals surface area (Å²) in [7, 11) is 0.763. The first-order valence-corrected chi connectivity index (χ1v) is 12.9. The van der Waals surface area contributed by atoms with Crippen molar-refractivity contribution in [1.29, 1.82) is 0 Å². The molecule has 0 N–H and O–H groups in total. The summed E-state index contributed by atoms with van der Waals surface area (Å²) in [5.74, 6) is 0. The third-order valence-electron chi connectivity index (χ3n) is 5.23. The summed E-state index contributed by atoms with van der Waals surface area (Å²) in [5, 5.41) is 0. The molecule has 1 unspecified atom stereocenters. The van der Waals surface area contributed by atoms with E-state index in [1.165, 1.54) is 0 Å². The van der Waals surface area contributed by atoms with Crippen molar-refractivity contribution in [2.45, 2.75) is 52.8 Å². The lowest BCUT2D eigenvalue weighted by Gasteiger charge is -2.50. The molecule has 5 nitrogen and oxygen atoms in total. The van der Waals surface area contributed by atoms with Crippen LogP contribution in [0.2, 0.25) is 18.1 Å². The van der Waals surface area contributed by atoms with Crippen LogP contribution in [0.3, 0.4) is 0 Å². The molecule has 134 valence electrons. The Hall–Kier alpha value is 0.234. The predicted molar refractivity (Wildman–Crippen MR) is 98.5 cm³/mol. The van der Waals surface area contributed by atoms with Gasteiger partial charge in [-0.2, -0.15) is 0 Å². The summed E-state index contributed by atoms with van der Waals surface area (Å²) in [4.78, 5) is 0. The third-order valence-corrected chi connectivity index (χ3v) is 14.5. The van der Waals surface area contributed by atoms with Gasteiger partial charge in [0.15, 0.2) is 0 Å². The molecular weight excluding hydrogens is 312 g/mol. The predicted octanol–water partition coefficient (Wildman–Crippen LogP) is 3.01. The highest BCUT2D eigenvalue weighted by molar-refractivity contribution is 6.76. The Morgan fingerprint density at radius 1 is 0.773 bits per heavy atom. The molecule has 1 atom stereocenters. The molecule has 0 aromatic heterocycles. The topological polar surface area (TPSA) is 34.2 Å². The van der Waals surface area contributed by atoms with Gasteiger partial charge in [0.2, 0.25) is 8.40 Å². The lowest BCUT2D eigenvalue weighted by atomic mass is 10.5. The zero-order valence-corrected chi connectivity index (χ0v) is 18.2. The van der Waals surface area contributed by atoms with Crippen molar-refractivity contribution in [3.63, 3.8) is 0 Å². The lowest BCUT2D eigenvalue weighted by Crippen LogP contribution is -2.66. The highest BCUT2D eigenvalue weighted by Crippen LogP contribution is 2.36. The van der Waals surface area contributed by atoms with Crippen molar-refractivity contribution >= 4 is 17.2 Å². The Morgan fingerprint density at radius 2 is 1.09 bits per heavy atom. The Morgan fingerprint density at radius 3 is 1.32 bits per heavy atom. The molecule has 22 heavy (non-hydrogen) atoms. The molecule has 0 radical (unpaired) electrons. The molecular formula is C15H38N2O3Si2. The van der Waals surface area contributed by atoms with Crippen LogP contribution in [0.25, 0.3) is 0 Å². The van der Waals surface area contributed by atoms with Crippen LogP contribution in [0.4, 0.5) is 0 Å². The first-order valence-electron chi connectivity index (χ1n) is 8.51. The quantitative estimate of drug-likeness (QED) is 0.505. The van der Waals surface area contributed by atoms with Crippen LogP contribution in [-0.2, 0) is 13.3 Å². The van der Waals surface area contributed by atoms with Gasteiger partial charge in [0.1, 0.15) is 0 Å². The van der Waals surface area contributed by atoms with Crippen molar-refractivity contribution < 1.29 is 13.3 Å². The standard InChI is InChI=1S/C15H38N2O3Si2/c1-10-16(11-2)21(9,17(12-3)13-4)15(5)14-22(18-6,19-7)20-8/h15H,10-14H2,1-9H3. The fraction of sp³-hybridized carbons (Fsp3) is 1.00. The van der Waals surface area contributed by atoms with Crippen molar-refractivity contribution in [3.8, 4) is 0 Å². The summed E-state index contributed by atoms with van der Waals surface area (Å²) in [5.41, 5.74) is 0.499. The SMILES string of the molecule is CCN(CC)[Si](C)(C(C)C[Si](OC)(OC)OC)N(CC)CC. The minimum absolute atomic E-state index is 0.499. The van der Waals surface area contributed by atoms with E-state index in [9.17, 15) is 0 Å². The Labute approximate surface area is 140 Å². The first kappa shape index (κ1) is 22.2.